The predicted molar refractivity (Wildman–Crippen MR) is 95.7 cm³/mol. The molecular weight excluding hydrogens is 338 g/mol. The number of para-hydroxylation sites is 1. The van der Waals surface area contributed by atoms with Gasteiger partial charge in [-0.15, -0.1) is 12.6 Å². The summed E-state index contributed by atoms with van der Waals surface area (Å²) in [6, 6.07) is 16.0. The summed E-state index contributed by atoms with van der Waals surface area (Å²) in [5, 5.41) is -0.269. The first-order valence-electron chi connectivity index (χ1n) is 7.92. The Hall–Kier alpha value is -2.60. The van der Waals surface area contributed by atoms with Crippen LogP contribution in [0.3, 0.4) is 0 Å². The number of thiol groups is 1. The van der Waals surface area contributed by atoms with Crippen LogP contribution in [0.5, 0.6) is 11.5 Å². The van der Waals surface area contributed by atoms with Crippen LogP contribution in [0.1, 0.15) is 23.2 Å². The molecule has 0 aromatic heterocycles. The van der Waals surface area contributed by atoms with Crippen molar-refractivity contribution >= 4 is 29.6 Å². The van der Waals surface area contributed by atoms with Crippen LogP contribution in [0, 0.1) is 5.92 Å². The third kappa shape index (κ3) is 4.28. The molecule has 2 aromatic rings. The van der Waals surface area contributed by atoms with E-state index in [9.17, 15) is 14.4 Å². The molecule has 1 heterocycles. The van der Waals surface area contributed by atoms with Gasteiger partial charge in [0.25, 0.3) is 5.91 Å². The van der Waals surface area contributed by atoms with Gasteiger partial charge in [0.1, 0.15) is 11.5 Å². The lowest BCUT2D eigenvalue weighted by molar-refractivity contribution is -0.125. The van der Waals surface area contributed by atoms with Crippen molar-refractivity contribution in [2.75, 3.05) is 6.54 Å². The standard InChI is InChI=1S/C19H17NO4S/c21-17-10-13(11-18(22)25)12-20(17)19(23)14-6-8-16(9-7-14)24-15-4-2-1-3-5-15/h1-9,13H,10-12H2,(H,22,25). The highest BCUT2D eigenvalue weighted by Crippen LogP contribution is 2.25. The van der Waals surface area contributed by atoms with E-state index in [0.717, 1.165) is 0 Å². The maximum atomic E-state index is 12.5. The Kier molecular flexibility index (Phi) is 5.19. The van der Waals surface area contributed by atoms with Crippen molar-refractivity contribution in [2.24, 2.45) is 5.92 Å². The number of carbonyl (C=O) groups excluding carboxylic acids is 3. The normalized spacial score (nSPS) is 16.8. The fourth-order valence-corrected chi connectivity index (χ4v) is 3.07. The topological polar surface area (TPSA) is 63.7 Å². The van der Waals surface area contributed by atoms with Crippen molar-refractivity contribution in [3.8, 4) is 11.5 Å². The van der Waals surface area contributed by atoms with E-state index in [4.69, 9.17) is 4.74 Å². The molecule has 0 bridgehead atoms. The second kappa shape index (κ2) is 7.53. The van der Waals surface area contributed by atoms with Crippen LogP contribution in [0.4, 0.5) is 0 Å². The number of amides is 2. The summed E-state index contributed by atoms with van der Waals surface area (Å²) in [5.74, 6) is 0.548. The fraction of sp³-hybridized carbons (Fsp3) is 0.211. The summed E-state index contributed by atoms with van der Waals surface area (Å²) in [7, 11) is 0. The molecular formula is C19H17NO4S. The maximum Gasteiger partial charge on any atom is 0.260 e. The molecule has 2 amide bonds. The molecule has 128 valence electrons. The first kappa shape index (κ1) is 17.2. The molecule has 0 radical (unpaired) electrons. The average molecular weight is 355 g/mol. The Morgan fingerprint density at radius 2 is 1.68 bits per heavy atom. The Balaban J connectivity index is 1.66. The van der Waals surface area contributed by atoms with Crippen LogP contribution >= 0.6 is 12.6 Å². The molecule has 2 aromatic carbocycles. The summed E-state index contributed by atoms with van der Waals surface area (Å²) in [5.41, 5.74) is 0.409. The van der Waals surface area contributed by atoms with Crippen molar-refractivity contribution in [2.45, 2.75) is 12.8 Å². The highest BCUT2D eigenvalue weighted by molar-refractivity contribution is 7.96. The van der Waals surface area contributed by atoms with Gasteiger partial charge in [-0.25, -0.2) is 0 Å². The number of benzene rings is 2. The Bertz CT molecular complexity index is 789. The van der Waals surface area contributed by atoms with Gasteiger partial charge in [-0.2, -0.15) is 0 Å². The van der Waals surface area contributed by atoms with E-state index in [2.05, 4.69) is 12.6 Å². The zero-order chi connectivity index (χ0) is 17.8. The number of nitrogens with zero attached hydrogens (tertiary/aromatic N) is 1. The molecule has 0 spiro atoms. The highest BCUT2D eigenvalue weighted by Gasteiger charge is 2.34. The number of imide groups is 1. The third-order valence-corrected chi connectivity index (χ3v) is 4.18. The number of likely N-dealkylation sites (tertiary alicyclic amines) is 1. The van der Waals surface area contributed by atoms with Crippen LogP contribution in [0.15, 0.2) is 54.6 Å². The van der Waals surface area contributed by atoms with Gasteiger partial charge >= 0.3 is 0 Å². The Morgan fingerprint density at radius 1 is 1.04 bits per heavy atom. The number of rotatable bonds is 5. The van der Waals surface area contributed by atoms with E-state index in [0.29, 0.717) is 17.1 Å². The molecule has 1 aliphatic rings. The molecule has 0 saturated carbocycles. The zero-order valence-electron chi connectivity index (χ0n) is 13.4. The van der Waals surface area contributed by atoms with Crippen LogP contribution in [0.2, 0.25) is 0 Å². The molecule has 1 aliphatic heterocycles. The Morgan fingerprint density at radius 3 is 2.32 bits per heavy atom. The molecule has 3 rings (SSSR count). The van der Waals surface area contributed by atoms with Gasteiger partial charge in [0, 0.05) is 24.9 Å². The van der Waals surface area contributed by atoms with Gasteiger partial charge in [0.15, 0.2) is 5.12 Å². The van der Waals surface area contributed by atoms with Crippen molar-refractivity contribution < 1.29 is 19.1 Å². The molecule has 0 aliphatic carbocycles. The number of hydrogen-bond acceptors (Lipinski definition) is 4. The highest BCUT2D eigenvalue weighted by atomic mass is 32.1. The predicted octanol–water partition coefficient (Wildman–Crippen LogP) is 3.31. The van der Waals surface area contributed by atoms with E-state index in [-0.39, 0.29) is 42.2 Å². The maximum absolute atomic E-state index is 12.5. The van der Waals surface area contributed by atoms with Gasteiger partial charge in [0.2, 0.25) is 5.91 Å². The molecule has 5 nitrogen and oxygen atoms in total. The van der Waals surface area contributed by atoms with Crippen molar-refractivity contribution in [3.63, 3.8) is 0 Å². The lowest BCUT2D eigenvalue weighted by Crippen LogP contribution is -2.32. The zero-order valence-corrected chi connectivity index (χ0v) is 14.3. The van der Waals surface area contributed by atoms with E-state index in [1.807, 2.05) is 30.3 Å². The number of ether oxygens (including phenoxy) is 1. The molecule has 1 atom stereocenters. The van der Waals surface area contributed by atoms with Gasteiger partial charge in [-0.05, 0) is 42.3 Å². The molecule has 1 fully saturated rings. The van der Waals surface area contributed by atoms with E-state index in [1.54, 1.807) is 24.3 Å². The molecule has 0 N–H and O–H groups in total. The number of hydrogen-bond donors (Lipinski definition) is 1. The molecule has 25 heavy (non-hydrogen) atoms. The summed E-state index contributed by atoms with van der Waals surface area (Å²) >= 11 is 3.74. The lowest BCUT2D eigenvalue weighted by atomic mass is 10.1. The minimum Gasteiger partial charge on any atom is -0.457 e. The SMILES string of the molecule is O=C(S)CC1CC(=O)N(C(=O)c2ccc(Oc3ccccc3)cc2)C1. The lowest BCUT2D eigenvalue weighted by Gasteiger charge is -2.15. The van der Waals surface area contributed by atoms with Crippen LogP contribution in [-0.4, -0.2) is 28.4 Å². The first-order chi connectivity index (χ1) is 12.0. The summed E-state index contributed by atoms with van der Waals surface area (Å²) in [4.78, 5) is 36.8. The first-order valence-corrected chi connectivity index (χ1v) is 8.37. The summed E-state index contributed by atoms with van der Waals surface area (Å²) in [6.07, 6.45) is 0.399. The smallest absolute Gasteiger partial charge is 0.260 e. The van der Waals surface area contributed by atoms with Crippen LogP contribution in [0.25, 0.3) is 0 Å². The quantitative estimate of drug-likeness (QED) is 0.660. The van der Waals surface area contributed by atoms with Gasteiger partial charge in [0.05, 0.1) is 0 Å². The third-order valence-electron chi connectivity index (χ3n) is 3.99. The molecule has 1 unspecified atom stereocenters. The second-order valence-electron chi connectivity index (χ2n) is 5.92. The van der Waals surface area contributed by atoms with Crippen molar-refractivity contribution in [1.82, 2.24) is 4.90 Å². The van der Waals surface area contributed by atoms with E-state index >= 15 is 0 Å². The minimum absolute atomic E-state index is 0.151. The Labute approximate surface area is 151 Å². The minimum atomic E-state index is -0.356. The summed E-state index contributed by atoms with van der Waals surface area (Å²) in [6.45, 7) is 0.256. The number of carbonyl (C=O) groups is 3. The van der Waals surface area contributed by atoms with Gasteiger partial charge in [-0.1, -0.05) is 18.2 Å². The largest absolute Gasteiger partial charge is 0.457 e. The monoisotopic (exact) mass is 355 g/mol. The van der Waals surface area contributed by atoms with E-state index < -0.39 is 0 Å². The van der Waals surface area contributed by atoms with E-state index in [1.165, 1.54) is 4.90 Å². The summed E-state index contributed by atoms with van der Waals surface area (Å²) < 4.78 is 5.68. The average Bonchev–Trinajstić information content (AvgIpc) is 2.95. The van der Waals surface area contributed by atoms with Crippen LogP contribution in [-0.2, 0) is 9.59 Å². The van der Waals surface area contributed by atoms with Gasteiger partial charge < -0.3 is 4.74 Å². The fourth-order valence-electron chi connectivity index (χ4n) is 2.81. The second-order valence-corrected chi connectivity index (χ2v) is 6.42. The van der Waals surface area contributed by atoms with Crippen LogP contribution < -0.4 is 4.74 Å². The van der Waals surface area contributed by atoms with Crippen molar-refractivity contribution in [3.05, 3.63) is 60.2 Å². The molecule has 1 saturated heterocycles. The van der Waals surface area contributed by atoms with Crippen molar-refractivity contribution in [1.29, 1.82) is 0 Å². The molecule has 6 heteroatoms. The van der Waals surface area contributed by atoms with Gasteiger partial charge in [-0.3, -0.25) is 19.3 Å².